The van der Waals surface area contributed by atoms with Gasteiger partial charge in [0.15, 0.2) is 0 Å². The van der Waals surface area contributed by atoms with Crippen LogP contribution in [0.25, 0.3) is 22.3 Å². The molecule has 2 aromatic carbocycles. The van der Waals surface area contributed by atoms with E-state index in [4.69, 9.17) is 9.52 Å². The second-order valence-electron chi connectivity index (χ2n) is 5.81. The van der Waals surface area contributed by atoms with Crippen molar-refractivity contribution in [3.05, 3.63) is 65.5 Å². The van der Waals surface area contributed by atoms with E-state index in [1.165, 1.54) is 0 Å². The Labute approximate surface area is 140 Å². The fourth-order valence-corrected chi connectivity index (χ4v) is 2.65. The van der Waals surface area contributed by atoms with Crippen LogP contribution < -0.4 is 10.3 Å². The molecule has 1 aromatic heterocycles. The maximum atomic E-state index is 10.7. The molecule has 3 rings (SSSR count). The lowest BCUT2D eigenvalue weighted by molar-refractivity contribution is -0.499. The van der Waals surface area contributed by atoms with Crippen LogP contribution >= 0.6 is 0 Å². The molecular formula is C20H20NO3+. The highest BCUT2D eigenvalue weighted by Crippen LogP contribution is 2.21. The average molecular weight is 322 g/mol. The van der Waals surface area contributed by atoms with Crippen molar-refractivity contribution in [1.29, 1.82) is 0 Å². The van der Waals surface area contributed by atoms with E-state index < -0.39 is 5.97 Å². The van der Waals surface area contributed by atoms with Gasteiger partial charge in [0.1, 0.15) is 17.9 Å². The number of carboxylic acids is 1. The summed E-state index contributed by atoms with van der Waals surface area (Å²) < 4.78 is 6.05. The van der Waals surface area contributed by atoms with Gasteiger partial charge in [-0.15, -0.1) is 0 Å². The molecule has 0 amide bonds. The standard InChI is InChI=1S/C20H19NO3/c1-14-9-10-18-16(12-14)17(21-11-5-8-20(22)23)13-19(24-18)15-6-3-2-4-7-15/h2-4,6-7,9-10,12-13H,5,8,11H2,1H3,(H,22,23)/p+1. The minimum absolute atomic E-state index is 0.159. The van der Waals surface area contributed by atoms with Crippen molar-refractivity contribution in [2.75, 3.05) is 6.54 Å². The third-order valence-corrected chi connectivity index (χ3v) is 3.86. The second kappa shape index (κ2) is 7.13. The molecule has 0 aliphatic carbocycles. The predicted molar refractivity (Wildman–Crippen MR) is 92.2 cm³/mol. The monoisotopic (exact) mass is 322 g/mol. The molecule has 0 aliphatic heterocycles. The van der Waals surface area contributed by atoms with Crippen LogP contribution in [0.5, 0.6) is 0 Å². The van der Waals surface area contributed by atoms with Gasteiger partial charge in [-0.25, -0.2) is 4.99 Å². The lowest BCUT2D eigenvalue weighted by atomic mass is 10.1. The summed E-state index contributed by atoms with van der Waals surface area (Å²) in [5, 5.41) is 10.7. The average Bonchev–Trinajstić information content (AvgIpc) is 2.59. The number of nitrogens with one attached hydrogen (secondary N) is 1. The smallest absolute Gasteiger partial charge is 0.303 e. The molecule has 1 heterocycles. The van der Waals surface area contributed by atoms with Gasteiger partial charge in [-0.1, -0.05) is 42.0 Å². The summed E-state index contributed by atoms with van der Waals surface area (Å²) in [7, 11) is 0. The minimum Gasteiger partial charge on any atom is -0.481 e. The number of hydrogen-bond donors (Lipinski definition) is 2. The summed E-state index contributed by atoms with van der Waals surface area (Å²) in [5.74, 6) is 0.0122. The topological polar surface area (TPSA) is 64.4 Å². The van der Waals surface area contributed by atoms with Crippen LogP contribution in [0, 0.1) is 6.92 Å². The molecule has 0 radical (unpaired) electrons. The Morgan fingerprint density at radius 1 is 1.12 bits per heavy atom. The van der Waals surface area contributed by atoms with Crippen LogP contribution in [0.4, 0.5) is 0 Å². The van der Waals surface area contributed by atoms with Crippen molar-refractivity contribution >= 4 is 16.9 Å². The highest BCUT2D eigenvalue weighted by Gasteiger charge is 2.09. The molecule has 4 nitrogen and oxygen atoms in total. The van der Waals surface area contributed by atoms with Gasteiger partial charge in [-0.3, -0.25) is 4.79 Å². The van der Waals surface area contributed by atoms with Crippen LogP contribution in [0.1, 0.15) is 18.4 Å². The number of rotatable bonds is 5. The number of aliphatic carboxylic acids is 1. The largest absolute Gasteiger partial charge is 0.481 e. The summed E-state index contributed by atoms with van der Waals surface area (Å²) in [5.41, 5.74) is 2.97. The van der Waals surface area contributed by atoms with E-state index in [-0.39, 0.29) is 6.42 Å². The van der Waals surface area contributed by atoms with Crippen LogP contribution in [0.3, 0.4) is 0 Å². The van der Waals surface area contributed by atoms with Crippen molar-refractivity contribution in [3.63, 3.8) is 0 Å². The van der Waals surface area contributed by atoms with Crippen LogP contribution in [0.15, 0.2) is 59.0 Å². The predicted octanol–water partition coefficient (Wildman–Crippen LogP) is 2.25. The lowest BCUT2D eigenvalue weighted by Crippen LogP contribution is -2.76. The molecule has 0 unspecified atom stereocenters. The highest BCUT2D eigenvalue weighted by atomic mass is 16.4. The third kappa shape index (κ3) is 3.71. The molecule has 0 atom stereocenters. The lowest BCUT2D eigenvalue weighted by Gasteiger charge is -2.03. The Kier molecular flexibility index (Phi) is 4.75. The van der Waals surface area contributed by atoms with E-state index in [0.29, 0.717) is 13.0 Å². The van der Waals surface area contributed by atoms with Gasteiger partial charge in [-0.2, -0.15) is 0 Å². The Bertz CT molecular complexity index is 927. The fraction of sp³-hybridized carbons (Fsp3) is 0.200. The molecule has 0 saturated heterocycles. The van der Waals surface area contributed by atoms with E-state index in [0.717, 1.165) is 33.2 Å². The Hall–Kier alpha value is -2.88. The number of carboxylic acid groups (broad SMARTS) is 1. The van der Waals surface area contributed by atoms with Crippen LogP contribution in [-0.2, 0) is 4.79 Å². The van der Waals surface area contributed by atoms with E-state index in [2.05, 4.69) is 11.1 Å². The third-order valence-electron chi connectivity index (χ3n) is 3.86. The van der Waals surface area contributed by atoms with Crippen LogP contribution in [-0.4, -0.2) is 17.6 Å². The van der Waals surface area contributed by atoms with Gasteiger partial charge < -0.3 is 9.52 Å². The molecule has 4 heteroatoms. The van der Waals surface area contributed by atoms with Crippen molar-refractivity contribution < 1.29 is 19.3 Å². The Balaban J connectivity index is 2.08. The molecule has 0 fully saturated rings. The zero-order valence-electron chi connectivity index (χ0n) is 13.6. The molecule has 24 heavy (non-hydrogen) atoms. The van der Waals surface area contributed by atoms with Gasteiger partial charge in [-0.05, 0) is 19.1 Å². The van der Waals surface area contributed by atoms with Crippen LogP contribution in [0.2, 0.25) is 0 Å². The van der Waals surface area contributed by atoms with Gasteiger partial charge >= 0.3 is 5.97 Å². The normalized spacial score (nSPS) is 11.8. The van der Waals surface area contributed by atoms with Crippen molar-refractivity contribution in [3.8, 4) is 11.3 Å². The number of benzene rings is 2. The molecule has 122 valence electrons. The van der Waals surface area contributed by atoms with Gasteiger partial charge in [0.05, 0.1) is 17.9 Å². The molecular weight excluding hydrogens is 302 g/mol. The maximum Gasteiger partial charge on any atom is 0.303 e. The summed E-state index contributed by atoms with van der Waals surface area (Å²) in [6, 6.07) is 18.0. The molecule has 2 N–H and O–H groups in total. The summed E-state index contributed by atoms with van der Waals surface area (Å²) in [6.07, 6.45) is 0.738. The quantitative estimate of drug-likeness (QED) is 0.708. The number of hydrogen-bond acceptors (Lipinski definition) is 2. The Morgan fingerprint density at radius 3 is 2.67 bits per heavy atom. The van der Waals surface area contributed by atoms with Crippen molar-refractivity contribution in [2.45, 2.75) is 19.8 Å². The second-order valence-corrected chi connectivity index (χ2v) is 5.81. The Morgan fingerprint density at radius 2 is 1.92 bits per heavy atom. The first kappa shape index (κ1) is 16.0. The maximum absolute atomic E-state index is 10.7. The summed E-state index contributed by atoms with van der Waals surface area (Å²) >= 11 is 0. The minimum atomic E-state index is -0.773. The molecule has 0 spiro atoms. The molecule has 0 saturated carbocycles. The first-order chi connectivity index (χ1) is 11.6. The summed E-state index contributed by atoms with van der Waals surface area (Å²) in [4.78, 5) is 14.0. The van der Waals surface area contributed by atoms with Crippen molar-refractivity contribution in [2.24, 2.45) is 0 Å². The van der Waals surface area contributed by atoms with E-state index in [1.54, 1.807) is 0 Å². The first-order valence-electron chi connectivity index (χ1n) is 8.02. The van der Waals surface area contributed by atoms with E-state index >= 15 is 0 Å². The zero-order chi connectivity index (χ0) is 16.9. The first-order valence-corrected chi connectivity index (χ1v) is 8.02. The molecule has 0 bridgehead atoms. The van der Waals surface area contributed by atoms with Crippen molar-refractivity contribution in [1.82, 2.24) is 0 Å². The zero-order valence-corrected chi connectivity index (χ0v) is 13.6. The number of aryl methyl sites for hydroxylation is 1. The number of fused-ring (bicyclic) bond motifs is 1. The number of carbonyl (C=O) groups is 1. The van der Waals surface area contributed by atoms with E-state index in [9.17, 15) is 4.79 Å². The van der Waals surface area contributed by atoms with Gasteiger partial charge in [0.2, 0.25) is 5.36 Å². The van der Waals surface area contributed by atoms with Gasteiger partial charge in [0, 0.05) is 12.0 Å². The molecule has 0 aliphatic rings. The summed E-state index contributed by atoms with van der Waals surface area (Å²) in [6.45, 7) is 2.65. The fourth-order valence-electron chi connectivity index (χ4n) is 2.65. The SMILES string of the molecule is Cc1ccc2oc(-c3ccccc3)cc(=[NH+]CCCC(=O)O)c2c1. The van der Waals surface area contributed by atoms with Gasteiger partial charge in [0.25, 0.3) is 0 Å². The van der Waals surface area contributed by atoms with E-state index in [1.807, 2.05) is 55.5 Å². The highest BCUT2D eigenvalue weighted by molar-refractivity contribution is 5.78. The molecule has 3 aromatic rings.